The van der Waals surface area contributed by atoms with Crippen LogP contribution in [0.3, 0.4) is 0 Å². The number of halogens is 2. The zero-order chi connectivity index (χ0) is 7.98. The van der Waals surface area contributed by atoms with Gasteiger partial charge in [-0.25, -0.2) is 4.39 Å². The molecule has 10 heavy (non-hydrogen) atoms. The molecule has 0 saturated carbocycles. The van der Waals surface area contributed by atoms with Gasteiger partial charge in [-0.2, -0.15) is 0 Å². The molecule has 0 aromatic heterocycles. The molecule has 0 nitrogen and oxygen atoms in total. The average Bonchev–Trinajstić information content (AvgIpc) is 2.00. The fourth-order valence-corrected chi connectivity index (χ4v) is 0.575. The summed E-state index contributed by atoms with van der Waals surface area (Å²) in [5.74, 6) is -0.367. The first-order valence-corrected chi connectivity index (χ1v) is 3.08. The van der Waals surface area contributed by atoms with Gasteiger partial charge in [-0.3, -0.25) is 0 Å². The molecule has 0 unspecified atom stereocenters. The Morgan fingerprint density at radius 2 is 1.70 bits per heavy atom. The number of hydrogen-bond acceptors (Lipinski definition) is 0. The lowest BCUT2D eigenvalue weighted by Gasteiger charge is -1.86. The summed E-state index contributed by atoms with van der Waals surface area (Å²) in [6.45, 7) is 6.00. The maximum Gasteiger partial charge on any atom is 0.141 e. The molecule has 0 saturated heterocycles. The van der Waals surface area contributed by atoms with Gasteiger partial charge in [-0.05, 0) is 12.1 Å². The predicted octanol–water partition coefficient (Wildman–Crippen LogP) is 3.28. The van der Waals surface area contributed by atoms with Crippen molar-refractivity contribution in [3.05, 3.63) is 48.3 Å². The Bertz CT molecular complexity index is 177. The molecule has 0 aliphatic carbocycles. The fourth-order valence-electron chi connectivity index (χ4n) is 0.439. The first-order valence-electron chi connectivity index (χ1n) is 2.71. The van der Waals surface area contributed by atoms with E-state index in [1.165, 1.54) is 12.1 Å². The van der Waals surface area contributed by atoms with Crippen LogP contribution >= 0.6 is 11.6 Å². The Morgan fingerprint density at radius 1 is 1.20 bits per heavy atom. The molecule has 0 heterocycles. The van der Waals surface area contributed by atoms with Crippen LogP contribution in [0.25, 0.3) is 0 Å². The van der Waals surface area contributed by atoms with E-state index < -0.39 is 0 Å². The van der Waals surface area contributed by atoms with Gasteiger partial charge >= 0.3 is 0 Å². The Hall–Kier alpha value is -0.820. The third-order valence-electron chi connectivity index (χ3n) is 0.824. The zero-order valence-electron chi connectivity index (χ0n) is 5.48. The first kappa shape index (κ1) is 9.18. The van der Waals surface area contributed by atoms with E-state index in [2.05, 4.69) is 13.2 Å². The van der Waals surface area contributed by atoms with Gasteiger partial charge < -0.3 is 0 Å². The lowest BCUT2D eigenvalue weighted by molar-refractivity contribution is 0.628. The van der Waals surface area contributed by atoms with Gasteiger partial charge in [0, 0.05) is 0 Å². The van der Waals surface area contributed by atoms with E-state index in [0.717, 1.165) is 0 Å². The van der Waals surface area contributed by atoms with E-state index >= 15 is 0 Å². The smallest absolute Gasteiger partial charge is 0.141 e. The normalized spacial score (nSPS) is 7.80. The van der Waals surface area contributed by atoms with Crippen LogP contribution < -0.4 is 0 Å². The van der Waals surface area contributed by atoms with Crippen LogP contribution in [0, 0.1) is 5.82 Å². The van der Waals surface area contributed by atoms with E-state index in [1.807, 2.05) is 0 Å². The van der Waals surface area contributed by atoms with Crippen molar-refractivity contribution in [3.63, 3.8) is 0 Å². The molecule has 1 aromatic carbocycles. The van der Waals surface area contributed by atoms with Crippen LogP contribution in [0.15, 0.2) is 37.4 Å². The zero-order valence-corrected chi connectivity index (χ0v) is 6.24. The molecule has 1 aromatic rings. The van der Waals surface area contributed by atoms with Crippen molar-refractivity contribution in [3.8, 4) is 0 Å². The second-order valence-corrected chi connectivity index (χ2v) is 1.82. The van der Waals surface area contributed by atoms with Crippen LogP contribution in [0.2, 0.25) is 5.02 Å². The molecule has 54 valence electrons. The highest BCUT2D eigenvalue weighted by molar-refractivity contribution is 6.30. The van der Waals surface area contributed by atoms with Gasteiger partial charge in [0.1, 0.15) is 5.82 Å². The van der Waals surface area contributed by atoms with Crippen LogP contribution in [-0.2, 0) is 0 Å². The molecule has 0 bridgehead atoms. The maximum absolute atomic E-state index is 12.2. The minimum Gasteiger partial charge on any atom is -0.205 e. The van der Waals surface area contributed by atoms with E-state index in [1.54, 1.807) is 12.1 Å². The van der Waals surface area contributed by atoms with E-state index in [4.69, 9.17) is 11.6 Å². The summed E-state index contributed by atoms with van der Waals surface area (Å²) >= 11 is 5.33. The minimum absolute atomic E-state index is 0.174. The van der Waals surface area contributed by atoms with Gasteiger partial charge in [0.05, 0.1) is 5.02 Å². The lowest BCUT2D eigenvalue weighted by Crippen LogP contribution is -1.70. The van der Waals surface area contributed by atoms with Crippen LogP contribution in [0.4, 0.5) is 4.39 Å². The molecule has 0 atom stereocenters. The molecule has 0 fully saturated rings. The Morgan fingerprint density at radius 3 is 2.00 bits per heavy atom. The van der Waals surface area contributed by atoms with Crippen LogP contribution in [0.5, 0.6) is 0 Å². The number of rotatable bonds is 0. The highest BCUT2D eigenvalue weighted by Gasteiger charge is 1.91. The Kier molecular flexibility index (Phi) is 4.59. The second kappa shape index (κ2) is 5.00. The van der Waals surface area contributed by atoms with E-state index in [0.29, 0.717) is 0 Å². The number of benzene rings is 1. The van der Waals surface area contributed by atoms with Crippen molar-refractivity contribution in [2.24, 2.45) is 0 Å². The van der Waals surface area contributed by atoms with E-state index in [-0.39, 0.29) is 10.8 Å². The van der Waals surface area contributed by atoms with E-state index in [9.17, 15) is 4.39 Å². The lowest BCUT2D eigenvalue weighted by atomic mass is 10.4. The van der Waals surface area contributed by atoms with Crippen molar-refractivity contribution < 1.29 is 4.39 Å². The highest BCUT2D eigenvalue weighted by Crippen LogP contribution is 2.11. The van der Waals surface area contributed by atoms with Gasteiger partial charge in [0.15, 0.2) is 0 Å². The minimum atomic E-state index is -0.367. The third-order valence-corrected chi connectivity index (χ3v) is 1.13. The topological polar surface area (TPSA) is 0 Å². The first-order chi connectivity index (χ1) is 4.80. The predicted molar refractivity (Wildman–Crippen MR) is 42.7 cm³/mol. The number of hydrogen-bond donors (Lipinski definition) is 0. The monoisotopic (exact) mass is 158 g/mol. The Balaban J connectivity index is 0.000000371. The van der Waals surface area contributed by atoms with Gasteiger partial charge in [-0.15, -0.1) is 13.2 Å². The third kappa shape index (κ3) is 2.65. The summed E-state index contributed by atoms with van der Waals surface area (Å²) in [6.07, 6.45) is 0. The average molecular weight is 159 g/mol. The van der Waals surface area contributed by atoms with Crippen LogP contribution in [-0.4, -0.2) is 0 Å². The molecule has 0 spiro atoms. The molecule has 0 aliphatic heterocycles. The molecule has 0 radical (unpaired) electrons. The standard InChI is InChI=1S/C6H4ClF.C2H4/c7-5-3-1-2-4-6(5)8;1-2/h1-4H;1-2H2. The van der Waals surface area contributed by atoms with Crippen molar-refractivity contribution >= 4 is 11.6 Å². The van der Waals surface area contributed by atoms with Gasteiger partial charge in [0.25, 0.3) is 0 Å². The molecule has 0 amide bonds. The molecule has 0 N–H and O–H groups in total. The van der Waals surface area contributed by atoms with Gasteiger partial charge in [0.2, 0.25) is 0 Å². The summed E-state index contributed by atoms with van der Waals surface area (Å²) < 4.78 is 12.2. The van der Waals surface area contributed by atoms with Crippen molar-refractivity contribution in [2.75, 3.05) is 0 Å². The summed E-state index contributed by atoms with van der Waals surface area (Å²) in [4.78, 5) is 0. The molecule has 0 aliphatic rings. The second-order valence-electron chi connectivity index (χ2n) is 1.41. The fraction of sp³-hybridized carbons (Fsp3) is 0. The largest absolute Gasteiger partial charge is 0.205 e. The van der Waals surface area contributed by atoms with Crippen molar-refractivity contribution in [2.45, 2.75) is 0 Å². The SMILES string of the molecule is C=C.Fc1ccccc1Cl. The summed E-state index contributed by atoms with van der Waals surface area (Å²) in [5, 5.41) is 0.174. The Labute approximate surface area is 64.9 Å². The summed E-state index contributed by atoms with van der Waals surface area (Å²) in [6, 6.07) is 6.12. The molecule has 2 heteroatoms. The molecule has 1 rings (SSSR count). The quantitative estimate of drug-likeness (QED) is 0.509. The highest BCUT2D eigenvalue weighted by atomic mass is 35.5. The summed E-state index contributed by atoms with van der Waals surface area (Å²) in [7, 11) is 0. The molecular formula is C8H8ClF. The van der Waals surface area contributed by atoms with Crippen molar-refractivity contribution in [1.82, 2.24) is 0 Å². The van der Waals surface area contributed by atoms with Crippen LogP contribution in [0.1, 0.15) is 0 Å². The molecular weight excluding hydrogens is 151 g/mol. The van der Waals surface area contributed by atoms with Gasteiger partial charge in [-0.1, -0.05) is 23.7 Å². The maximum atomic E-state index is 12.2. The van der Waals surface area contributed by atoms with Crippen molar-refractivity contribution in [1.29, 1.82) is 0 Å². The summed E-state index contributed by atoms with van der Waals surface area (Å²) in [5.41, 5.74) is 0.